The highest BCUT2D eigenvalue weighted by atomic mass is 32.2. The average molecular weight is 284 g/mol. The zero-order valence-electron chi connectivity index (χ0n) is 12.0. The van der Waals surface area contributed by atoms with Crippen molar-refractivity contribution in [1.29, 1.82) is 0 Å². The summed E-state index contributed by atoms with van der Waals surface area (Å²) in [6, 6.07) is 7.52. The first kappa shape index (κ1) is 16.1. The molecule has 2 N–H and O–H groups in total. The van der Waals surface area contributed by atoms with E-state index in [0.717, 1.165) is 24.0 Å². The van der Waals surface area contributed by atoms with Crippen molar-refractivity contribution in [1.82, 2.24) is 4.31 Å². The van der Waals surface area contributed by atoms with E-state index >= 15 is 0 Å². The van der Waals surface area contributed by atoms with Gasteiger partial charge < -0.3 is 5.73 Å². The first-order valence-corrected chi connectivity index (χ1v) is 8.29. The third kappa shape index (κ3) is 4.30. The molecule has 0 heterocycles. The summed E-state index contributed by atoms with van der Waals surface area (Å²) in [5, 5.41) is 0. The molecule has 1 rings (SSSR count). The Hall–Kier alpha value is -0.910. The molecule has 5 heteroatoms. The highest BCUT2D eigenvalue weighted by molar-refractivity contribution is 7.88. The van der Waals surface area contributed by atoms with E-state index in [4.69, 9.17) is 5.73 Å². The summed E-state index contributed by atoms with van der Waals surface area (Å²) in [6.07, 6.45) is 1.66. The van der Waals surface area contributed by atoms with Crippen molar-refractivity contribution in [3.63, 3.8) is 0 Å². The Bertz CT molecular complexity index is 496. The molecule has 0 aliphatic heterocycles. The number of nitrogens with zero attached hydrogens (tertiary/aromatic N) is 1. The van der Waals surface area contributed by atoms with E-state index in [9.17, 15) is 8.42 Å². The van der Waals surface area contributed by atoms with Crippen molar-refractivity contribution < 1.29 is 8.42 Å². The van der Waals surface area contributed by atoms with Gasteiger partial charge >= 0.3 is 0 Å². The van der Waals surface area contributed by atoms with Crippen molar-refractivity contribution >= 4 is 10.0 Å². The lowest BCUT2D eigenvalue weighted by atomic mass is 10.1. The highest BCUT2D eigenvalue weighted by Crippen LogP contribution is 2.16. The molecule has 1 aromatic rings. The Balaban J connectivity index is 2.89. The first-order chi connectivity index (χ1) is 8.94. The minimum atomic E-state index is -3.27. The Kier molecular flexibility index (Phi) is 5.97. The van der Waals surface area contributed by atoms with Crippen LogP contribution in [0.5, 0.6) is 0 Å². The van der Waals surface area contributed by atoms with Gasteiger partial charge in [0, 0.05) is 19.6 Å². The molecular formula is C14H24N2O2S. The molecule has 19 heavy (non-hydrogen) atoms. The summed E-state index contributed by atoms with van der Waals surface area (Å²) in [7, 11) is -1.60. The SMILES string of the molecule is CCC(CC)N(C)S(=O)(=O)Cc1cccc(CN)c1. The second-order valence-corrected chi connectivity index (χ2v) is 6.80. The second kappa shape index (κ2) is 7.03. The van der Waals surface area contributed by atoms with Crippen LogP contribution in [0.3, 0.4) is 0 Å². The maximum atomic E-state index is 12.4. The van der Waals surface area contributed by atoms with Crippen LogP contribution in [-0.4, -0.2) is 25.8 Å². The molecule has 0 atom stereocenters. The predicted octanol–water partition coefficient (Wildman–Crippen LogP) is 2.10. The smallest absolute Gasteiger partial charge is 0.218 e. The predicted molar refractivity (Wildman–Crippen MR) is 79.1 cm³/mol. The molecule has 108 valence electrons. The van der Waals surface area contributed by atoms with Gasteiger partial charge in [-0.3, -0.25) is 0 Å². The molecule has 0 radical (unpaired) electrons. The van der Waals surface area contributed by atoms with Crippen LogP contribution in [-0.2, 0) is 22.3 Å². The van der Waals surface area contributed by atoms with Crippen molar-refractivity contribution in [3.05, 3.63) is 35.4 Å². The number of sulfonamides is 1. The molecular weight excluding hydrogens is 260 g/mol. The van der Waals surface area contributed by atoms with E-state index in [1.165, 1.54) is 4.31 Å². The van der Waals surface area contributed by atoms with Gasteiger partial charge in [0.15, 0.2) is 0 Å². The van der Waals surface area contributed by atoms with E-state index in [1.54, 1.807) is 7.05 Å². The van der Waals surface area contributed by atoms with Gasteiger partial charge in [-0.25, -0.2) is 12.7 Å². The quantitative estimate of drug-likeness (QED) is 0.834. The lowest BCUT2D eigenvalue weighted by Gasteiger charge is -2.25. The highest BCUT2D eigenvalue weighted by Gasteiger charge is 2.24. The molecule has 0 amide bonds. The molecule has 1 aromatic carbocycles. The fourth-order valence-corrected chi connectivity index (χ4v) is 3.75. The van der Waals surface area contributed by atoms with E-state index < -0.39 is 10.0 Å². The van der Waals surface area contributed by atoms with Gasteiger partial charge in [-0.2, -0.15) is 0 Å². The van der Waals surface area contributed by atoms with Crippen LogP contribution in [0.1, 0.15) is 37.8 Å². The number of nitrogens with two attached hydrogens (primary N) is 1. The van der Waals surface area contributed by atoms with Gasteiger partial charge in [-0.05, 0) is 24.0 Å². The minimum Gasteiger partial charge on any atom is -0.326 e. The molecule has 0 aromatic heterocycles. The van der Waals surface area contributed by atoms with E-state index in [2.05, 4.69) is 0 Å². The Morgan fingerprint density at radius 3 is 2.32 bits per heavy atom. The lowest BCUT2D eigenvalue weighted by Crippen LogP contribution is -2.37. The Morgan fingerprint density at radius 2 is 1.79 bits per heavy atom. The van der Waals surface area contributed by atoms with E-state index in [0.29, 0.717) is 6.54 Å². The van der Waals surface area contributed by atoms with Gasteiger partial charge in [-0.15, -0.1) is 0 Å². The van der Waals surface area contributed by atoms with Crippen LogP contribution in [0, 0.1) is 0 Å². The van der Waals surface area contributed by atoms with Gasteiger partial charge in [-0.1, -0.05) is 38.1 Å². The van der Waals surface area contributed by atoms with Gasteiger partial charge in [0.05, 0.1) is 5.75 Å². The van der Waals surface area contributed by atoms with Crippen LogP contribution in [0.25, 0.3) is 0 Å². The molecule has 0 spiro atoms. The molecule has 0 saturated heterocycles. The Labute approximate surface area is 116 Å². The average Bonchev–Trinajstić information content (AvgIpc) is 2.39. The Morgan fingerprint density at radius 1 is 1.21 bits per heavy atom. The molecule has 0 aliphatic carbocycles. The third-order valence-electron chi connectivity index (χ3n) is 3.47. The maximum absolute atomic E-state index is 12.4. The van der Waals surface area contributed by atoms with Crippen molar-refractivity contribution in [2.45, 2.75) is 45.0 Å². The van der Waals surface area contributed by atoms with Gasteiger partial charge in [0.25, 0.3) is 0 Å². The summed E-state index contributed by atoms with van der Waals surface area (Å²) < 4.78 is 26.2. The standard InChI is InChI=1S/C14H24N2O2S/c1-4-14(5-2)16(3)19(17,18)11-13-8-6-7-12(9-13)10-15/h6-9,14H,4-5,10-11,15H2,1-3H3. The maximum Gasteiger partial charge on any atom is 0.218 e. The summed E-state index contributed by atoms with van der Waals surface area (Å²) in [5.74, 6) is 0.0356. The van der Waals surface area contributed by atoms with Gasteiger partial charge in [0.1, 0.15) is 0 Å². The topological polar surface area (TPSA) is 63.4 Å². The van der Waals surface area contributed by atoms with Gasteiger partial charge in [0.2, 0.25) is 10.0 Å². The summed E-state index contributed by atoms with van der Waals surface area (Å²) >= 11 is 0. The fraction of sp³-hybridized carbons (Fsp3) is 0.571. The van der Waals surface area contributed by atoms with Crippen LogP contribution in [0.15, 0.2) is 24.3 Å². The third-order valence-corrected chi connectivity index (χ3v) is 5.35. The molecule has 0 bridgehead atoms. The second-order valence-electron chi connectivity index (χ2n) is 4.77. The summed E-state index contributed by atoms with van der Waals surface area (Å²) in [6.45, 7) is 4.45. The van der Waals surface area contributed by atoms with E-state index in [-0.39, 0.29) is 11.8 Å². The fourth-order valence-electron chi connectivity index (χ4n) is 2.19. The number of hydrogen-bond acceptors (Lipinski definition) is 3. The molecule has 0 saturated carbocycles. The summed E-state index contributed by atoms with van der Waals surface area (Å²) in [5.41, 5.74) is 7.32. The van der Waals surface area contributed by atoms with Crippen molar-refractivity contribution in [2.75, 3.05) is 7.05 Å². The molecule has 0 unspecified atom stereocenters. The van der Waals surface area contributed by atoms with Crippen LogP contribution in [0.4, 0.5) is 0 Å². The van der Waals surface area contributed by atoms with Crippen LogP contribution < -0.4 is 5.73 Å². The van der Waals surface area contributed by atoms with Crippen molar-refractivity contribution in [2.24, 2.45) is 5.73 Å². The first-order valence-electron chi connectivity index (χ1n) is 6.68. The zero-order chi connectivity index (χ0) is 14.5. The minimum absolute atomic E-state index is 0.0356. The van der Waals surface area contributed by atoms with E-state index in [1.807, 2.05) is 38.1 Å². The molecule has 0 aliphatic rings. The zero-order valence-corrected chi connectivity index (χ0v) is 12.8. The summed E-state index contributed by atoms with van der Waals surface area (Å²) in [4.78, 5) is 0. The lowest BCUT2D eigenvalue weighted by molar-refractivity contribution is 0.349. The normalized spacial score (nSPS) is 12.3. The van der Waals surface area contributed by atoms with Crippen LogP contribution in [0.2, 0.25) is 0 Å². The molecule has 4 nitrogen and oxygen atoms in total. The largest absolute Gasteiger partial charge is 0.326 e. The number of benzene rings is 1. The van der Waals surface area contributed by atoms with Crippen molar-refractivity contribution in [3.8, 4) is 0 Å². The number of hydrogen-bond donors (Lipinski definition) is 1. The van der Waals surface area contributed by atoms with Crippen LogP contribution >= 0.6 is 0 Å². The number of rotatable bonds is 7. The monoisotopic (exact) mass is 284 g/mol. The molecule has 0 fully saturated rings.